The fourth-order valence-electron chi connectivity index (χ4n) is 1.73. The maximum atomic E-state index is 5.31. The fraction of sp³-hybridized carbons (Fsp3) is 0.133. The van der Waals surface area contributed by atoms with Gasteiger partial charge in [-0.1, -0.05) is 15.9 Å². The number of rotatable bonds is 3. The number of thiocarbonyl (C=S) groups is 1. The zero-order chi connectivity index (χ0) is 14.5. The molecule has 0 aromatic heterocycles. The molecule has 0 spiro atoms. The number of ether oxygens (including phenoxy) is 1. The predicted octanol–water partition coefficient (Wildman–Crippen LogP) is 4.58. The van der Waals surface area contributed by atoms with Gasteiger partial charge < -0.3 is 15.4 Å². The summed E-state index contributed by atoms with van der Waals surface area (Å²) in [6.45, 7) is 2.03. The van der Waals surface area contributed by atoms with Gasteiger partial charge in [0.2, 0.25) is 0 Å². The van der Waals surface area contributed by atoms with Crippen molar-refractivity contribution in [3.8, 4) is 5.75 Å². The maximum absolute atomic E-state index is 5.31. The van der Waals surface area contributed by atoms with Crippen molar-refractivity contribution in [1.82, 2.24) is 0 Å². The van der Waals surface area contributed by atoms with E-state index in [4.69, 9.17) is 17.0 Å². The first-order valence-corrected chi connectivity index (χ1v) is 7.27. The van der Waals surface area contributed by atoms with Gasteiger partial charge in [0.1, 0.15) is 5.75 Å². The largest absolute Gasteiger partial charge is 0.497 e. The van der Waals surface area contributed by atoms with Crippen LogP contribution in [0.1, 0.15) is 5.56 Å². The number of nitrogens with one attached hydrogen (secondary N) is 2. The molecule has 3 nitrogen and oxygen atoms in total. The van der Waals surface area contributed by atoms with Gasteiger partial charge in [-0.2, -0.15) is 0 Å². The molecule has 104 valence electrons. The summed E-state index contributed by atoms with van der Waals surface area (Å²) >= 11 is 8.75. The van der Waals surface area contributed by atoms with Gasteiger partial charge in [-0.25, -0.2) is 0 Å². The van der Waals surface area contributed by atoms with Gasteiger partial charge >= 0.3 is 0 Å². The molecule has 2 aromatic carbocycles. The number of methoxy groups -OCH3 is 1. The van der Waals surface area contributed by atoms with Crippen molar-refractivity contribution in [3.63, 3.8) is 0 Å². The minimum Gasteiger partial charge on any atom is -0.497 e. The van der Waals surface area contributed by atoms with Crippen LogP contribution in [0.25, 0.3) is 0 Å². The standard InChI is InChI=1S/C15H15BrN2OS/c1-10-9-11(16)3-8-14(10)18-15(20)17-12-4-6-13(19-2)7-5-12/h3-9H,1-2H3,(H2,17,18,20). The van der Waals surface area contributed by atoms with Crippen molar-refractivity contribution < 1.29 is 4.74 Å². The topological polar surface area (TPSA) is 33.3 Å². The molecular formula is C15H15BrN2OS. The van der Waals surface area contributed by atoms with Crippen LogP contribution in [0.3, 0.4) is 0 Å². The van der Waals surface area contributed by atoms with Crippen LogP contribution >= 0.6 is 28.1 Å². The maximum Gasteiger partial charge on any atom is 0.175 e. The van der Waals surface area contributed by atoms with Gasteiger partial charge in [-0.15, -0.1) is 0 Å². The van der Waals surface area contributed by atoms with Crippen LogP contribution < -0.4 is 15.4 Å². The van der Waals surface area contributed by atoms with Crippen molar-refractivity contribution in [2.24, 2.45) is 0 Å². The molecule has 0 amide bonds. The van der Waals surface area contributed by atoms with Crippen LogP contribution in [0.5, 0.6) is 5.75 Å². The van der Waals surface area contributed by atoms with E-state index in [1.807, 2.05) is 49.4 Å². The monoisotopic (exact) mass is 350 g/mol. The molecule has 0 aliphatic rings. The van der Waals surface area contributed by atoms with Crippen molar-refractivity contribution >= 4 is 44.6 Å². The highest BCUT2D eigenvalue weighted by molar-refractivity contribution is 9.10. The molecule has 2 N–H and O–H groups in total. The van der Waals surface area contributed by atoms with Crippen LogP contribution in [0.2, 0.25) is 0 Å². The molecule has 0 aliphatic heterocycles. The summed E-state index contributed by atoms with van der Waals surface area (Å²) in [6.07, 6.45) is 0. The molecule has 2 aromatic rings. The SMILES string of the molecule is COc1ccc(NC(=S)Nc2ccc(Br)cc2C)cc1. The van der Waals surface area contributed by atoms with Gasteiger partial charge in [-0.05, 0) is 67.2 Å². The Hall–Kier alpha value is -1.59. The lowest BCUT2D eigenvalue weighted by atomic mass is 10.2. The molecule has 0 fully saturated rings. The molecule has 0 radical (unpaired) electrons. The predicted molar refractivity (Wildman–Crippen MR) is 91.7 cm³/mol. The summed E-state index contributed by atoms with van der Waals surface area (Å²) in [6, 6.07) is 13.6. The lowest BCUT2D eigenvalue weighted by Gasteiger charge is -2.13. The molecule has 0 unspecified atom stereocenters. The molecule has 2 rings (SSSR count). The summed E-state index contributed by atoms with van der Waals surface area (Å²) in [5, 5.41) is 6.88. The summed E-state index contributed by atoms with van der Waals surface area (Å²) < 4.78 is 6.17. The summed E-state index contributed by atoms with van der Waals surface area (Å²) in [7, 11) is 1.64. The van der Waals surface area contributed by atoms with Crippen LogP contribution in [-0.2, 0) is 0 Å². The second kappa shape index (κ2) is 6.72. The highest BCUT2D eigenvalue weighted by atomic mass is 79.9. The summed E-state index contributed by atoms with van der Waals surface area (Å²) in [5.74, 6) is 0.818. The van der Waals surface area contributed by atoms with Crippen LogP contribution in [-0.4, -0.2) is 12.2 Å². The third kappa shape index (κ3) is 3.95. The zero-order valence-corrected chi connectivity index (χ0v) is 13.6. The molecule has 0 heterocycles. The van der Waals surface area contributed by atoms with E-state index in [1.165, 1.54) is 0 Å². The second-order valence-electron chi connectivity index (χ2n) is 4.27. The Kier molecular flexibility index (Phi) is 4.98. The quantitative estimate of drug-likeness (QED) is 0.794. The molecule has 0 bridgehead atoms. The summed E-state index contributed by atoms with van der Waals surface area (Å²) in [5.41, 5.74) is 3.02. The third-order valence-corrected chi connectivity index (χ3v) is 3.48. The van der Waals surface area contributed by atoms with E-state index in [-0.39, 0.29) is 0 Å². The fourth-order valence-corrected chi connectivity index (χ4v) is 2.43. The molecule has 5 heteroatoms. The molecule has 0 saturated carbocycles. The molecule has 0 saturated heterocycles. The van der Waals surface area contributed by atoms with E-state index < -0.39 is 0 Å². The molecule has 0 aliphatic carbocycles. The Morgan fingerprint density at radius 2 is 1.80 bits per heavy atom. The van der Waals surface area contributed by atoms with Crippen LogP contribution in [0, 0.1) is 6.92 Å². The number of hydrogen-bond donors (Lipinski definition) is 2. The average Bonchev–Trinajstić information content (AvgIpc) is 2.43. The molecule has 0 atom stereocenters. The minimum absolute atomic E-state index is 0.556. The zero-order valence-electron chi connectivity index (χ0n) is 11.2. The van der Waals surface area contributed by atoms with Gasteiger partial charge in [0.15, 0.2) is 5.11 Å². The van der Waals surface area contributed by atoms with Crippen molar-refractivity contribution in [2.45, 2.75) is 6.92 Å². The lowest BCUT2D eigenvalue weighted by molar-refractivity contribution is 0.415. The smallest absolute Gasteiger partial charge is 0.175 e. The van der Waals surface area contributed by atoms with E-state index in [9.17, 15) is 0 Å². The first kappa shape index (κ1) is 14.8. The van der Waals surface area contributed by atoms with Gasteiger partial charge in [0, 0.05) is 15.8 Å². The van der Waals surface area contributed by atoms with Gasteiger partial charge in [0.25, 0.3) is 0 Å². The number of hydrogen-bond acceptors (Lipinski definition) is 2. The number of benzene rings is 2. The Morgan fingerprint density at radius 1 is 1.10 bits per heavy atom. The van der Waals surface area contributed by atoms with Gasteiger partial charge in [-0.3, -0.25) is 0 Å². The van der Waals surface area contributed by atoms with E-state index in [1.54, 1.807) is 7.11 Å². The van der Waals surface area contributed by atoms with Crippen LogP contribution in [0.15, 0.2) is 46.9 Å². The normalized spacial score (nSPS) is 9.95. The number of aryl methyl sites for hydroxylation is 1. The second-order valence-corrected chi connectivity index (χ2v) is 5.59. The Balaban J connectivity index is 2.01. The first-order valence-electron chi connectivity index (χ1n) is 6.06. The first-order chi connectivity index (χ1) is 9.58. The van der Waals surface area contributed by atoms with Gasteiger partial charge in [0.05, 0.1) is 7.11 Å². The minimum atomic E-state index is 0.556. The van der Waals surface area contributed by atoms with E-state index in [2.05, 4.69) is 26.6 Å². The Bertz CT molecular complexity index is 614. The van der Waals surface area contributed by atoms with Crippen molar-refractivity contribution in [3.05, 3.63) is 52.5 Å². The van der Waals surface area contributed by atoms with E-state index >= 15 is 0 Å². The van der Waals surface area contributed by atoms with E-state index in [0.29, 0.717) is 5.11 Å². The summed E-state index contributed by atoms with van der Waals surface area (Å²) in [4.78, 5) is 0. The highest BCUT2D eigenvalue weighted by Crippen LogP contribution is 2.20. The van der Waals surface area contributed by atoms with E-state index in [0.717, 1.165) is 27.2 Å². The Morgan fingerprint density at radius 3 is 2.40 bits per heavy atom. The molecular weight excluding hydrogens is 336 g/mol. The van der Waals surface area contributed by atoms with Crippen molar-refractivity contribution in [2.75, 3.05) is 17.7 Å². The molecule has 20 heavy (non-hydrogen) atoms. The lowest BCUT2D eigenvalue weighted by Crippen LogP contribution is -2.19. The third-order valence-electron chi connectivity index (χ3n) is 2.78. The van der Waals surface area contributed by atoms with Crippen molar-refractivity contribution in [1.29, 1.82) is 0 Å². The van der Waals surface area contributed by atoms with Crippen LogP contribution in [0.4, 0.5) is 11.4 Å². The number of halogens is 1. The number of anilines is 2. The Labute approximate surface area is 132 Å². The average molecular weight is 351 g/mol. The highest BCUT2D eigenvalue weighted by Gasteiger charge is 2.02.